The smallest absolute Gasteiger partial charge is 0.110 e. The van der Waals surface area contributed by atoms with Gasteiger partial charge in [0.05, 0.1) is 5.69 Å². The first-order valence-electron chi connectivity index (χ1n) is 6.32. The number of nitrogens with two attached hydrogens (primary N) is 1. The van der Waals surface area contributed by atoms with Crippen LogP contribution in [0.5, 0.6) is 0 Å². The monoisotopic (exact) mass is 230 g/mol. The van der Waals surface area contributed by atoms with Crippen LogP contribution in [0.25, 0.3) is 11.4 Å². The van der Waals surface area contributed by atoms with Crippen molar-refractivity contribution in [3.8, 4) is 11.4 Å². The van der Waals surface area contributed by atoms with Crippen molar-refractivity contribution in [1.29, 1.82) is 0 Å². The number of nitrogens with one attached hydrogen (secondary N) is 1. The molecule has 2 aromatic rings. The Bertz CT molecular complexity index is 496. The van der Waals surface area contributed by atoms with Crippen LogP contribution >= 0.6 is 0 Å². The molecule has 0 aliphatic carbocycles. The summed E-state index contributed by atoms with van der Waals surface area (Å²) in [6.07, 6.45) is 6.47. The van der Waals surface area contributed by atoms with Gasteiger partial charge in [0.15, 0.2) is 0 Å². The zero-order valence-electron chi connectivity index (χ0n) is 9.95. The molecule has 1 aliphatic heterocycles. The van der Waals surface area contributed by atoms with Crippen molar-refractivity contribution < 1.29 is 0 Å². The predicted molar refractivity (Wildman–Crippen MR) is 67.7 cm³/mol. The molecule has 0 saturated heterocycles. The minimum absolute atomic E-state index is 0.667. The number of hydrogen-bond acceptors (Lipinski definition) is 2. The second-order valence-corrected chi connectivity index (χ2v) is 4.55. The van der Waals surface area contributed by atoms with Gasteiger partial charge in [-0.1, -0.05) is 0 Å². The van der Waals surface area contributed by atoms with E-state index in [0.717, 1.165) is 36.6 Å². The van der Waals surface area contributed by atoms with Gasteiger partial charge in [-0.25, -0.2) is 4.98 Å². The molecule has 3 heterocycles. The number of aromatic nitrogens is 3. The Kier molecular flexibility index (Phi) is 2.73. The van der Waals surface area contributed by atoms with E-state index in [1.807, 2.05) is 12.3 Å². The van der Waals surface area contributed by atoms with Crippen LogP contribution < -0.4 is 5.73 Å². The fourth-order valence-electron chi connectivity index (χ4n) is 2.63. The van der Waals surface area contributed by atoms with E-state index in [-0.39, 0.29) is 0 Å². The maximum Gasteiger partial charge on any atom is 0.110 e. The van der Waals surface area contributed by atoms with Gasteiger partial charge in [0.25, 0.3) is 0 Å². The van der Waals surface area contributed by atoms with Crippen LogP contribution in [-0.4, -0.2) is 21.1 Å². The summed E-state index contributed by atoms with van der Waals surface area (Å²) in [5.41, 5.74) is 9.28. The van der Waals surface area contributed by atoms with E-state index in [2.05, 4.69) is 15.6 Å². The fourth-order valence-corrected chi connectivity index (χ4v) is 2.63. The summed E-state index contributed by atoms with van der Waals surface area (Å²) in [5.74, 6) is 1.15. The lowest BCUT2D eigenvalue weighted by Crippen LogP contribution is -2.15. The fraction of sp³-hybridized carbons (Fsp3) is 0.462. The number of fused-ring (bicyclic) bond motifs is 1. The molecule has 0 fully saturated rings. The molecular weight excluding hydrogens is 212 g/mol. The molecule has 0 bridgehead atoms. The molecule has 2 aromatic heterocycles. The van der Waals surface area contributed by atoms with Gasteiger partial charge in [-0.05, 0) is 37.9 Å². The van der Waals surface area contributed by atoms with Gasteiger partial charge in [-0.3, -0.25) is 0 Å². The number of aromatic amines is 1. The molecule has 0 atom stereocenters. The maximum atomic E-state index is 5.66. The first kappa shape index (κ1) is 10.6. The Morgan fingerprint density at radius 3 is 3.12 bits per heavy atom. The summed E-state index contributed by atoms with van der Waals surface area (Å²) in [5, 5.41) is 0. The molecule has 0 spiro atoms. The number of H-pyrrole nitrogens is 1. The van der Waals surface area contributed by atoms with Gasteiger partial charge in [-0.15, -0.1) is 0 Å². The number of nitrogens with zero attached hydrogens (tertiary/aromatic N) is 2. The Morgan fingerprint density at radius 1 is 1.41 bits per heavy atom. The predicted octanol–water partition coefficient (Wildman–Crippen LogP) is 1.72. The van der Waals surface area contributed by atoms with Gasteiger partial charge in [0.2, 0.25) is 0 Å². The third kappa shape index (κ3) is 1.78. The zero-order chi connectivity index (χ0) is 11.7. The van der Waals surface area contributed by atoms with Gasteiger partial charge in [0.1, 0.15) is 11.5 Å². The van der Waals surface area contributed by atoms with E-state index in [9.17, 15) is 0 Å². The molecule has 3 rings (SSSR count). The number of imidazole rings is 1. The van der Waals surface area contributed by atoms with Crippen LogP contribution in [-0.2, 0) is 19.4 Å². The van der Waals surface area contributed by atoms with E-state index in [0.29, 0.717) is 6.54 Å². The van der Waals surface area contributed by atoms with Gasteiger partial charge in [-0.2, -0.15) is 0 Å². The zero-order valence-corrected chi connectivity index (χ0v) is 9.95. The van der Waals surface area contributed by atoms with Crippen molar-refractivity contribution in [3.05, 3.63) is 29.8 Å². The number of hydrogen-bond donors (Lipinski definition) is 2. The molecular formula is C13H18N4. The summed E-state index contributed by atoms with van der Waals surface area (Å²) in [7, 11) is 0. The van der Waals surface area contributed by atoms with Crippen LogP contribution in [0.2, 0.25) is 0 Å². The van der Waals surface area contributed by atoms with Crippen molar-refractivity contribution in [2.24, 2.45) is 5.73 Å². The van der Waals surface area contributed by atoms with Crippen molar-refractivity contribution in [2.75, 3.05) is 6.54 Å². The van der Waals surface area contributed by atoms with E-state index >= 15 is 0 Å². The minimum atomic E-state index is 0.667. The molecule has 90 valence electrons. The van der Waals surface area contributed by atoms with Gasteiger partial charge < -0.3 is 15.3 Å². The first-order valence-corrected chi connectivity index (χ1v) is 6.32. The molecule has 4 heteroatoms. The Morgan fingerprint density at radius 2 is 2.35 bits per heavy atom. The molecule has 3 N–H and O–H groups in total. The van der Waals surface area contributed by atoms with Crippen LogP contribution in [0, 0.1) is 0 Å². The summed E-state index contributed by atoms with van der Waals surface area (Å²) < 4.78 is 2.37. The highest BCUT2D eigenvalue weighted by molar-refractivity contribution is 5.58. The summed E-state index contributed by atoms with van der Waals surface area (Å²) in [6.45, 7) is 1.76. The largest absolute Gasteiger partial charge is 0.360 e. The van der Waals surface area contributed by atoms with E-state index in [1.54, 1.807) is 0 Å². The average Bonchev–Trinajstić information content (AvgIpc) is 2.97. The van der Waals surface area contributed by atoms with Crippen molar-refractivity contribution in [3.63, 3.8) is 0 Å². The normalized spacial score (nSPS) is 14.9. The Hall–Kier alpha value is -1.55. The lowest BCUT2D eigenvalue weighted by Gasteiger charge is -2.17. The Balaban J connectivity index is 2.09. The maximum absolute atomic E-state index is 5.66. The molecule has 1 aliphatic rings. The topological polar surface area (TPSA) is 59.6 Å². The third-order valence-corrected chi connectivity index (χ3v) is 3.42. The highest BCUT2D eigenvalue weighted by Crippen LogP contribution is 2.27. The average molecular weight is 230 g/mol. The van der Waals surface area contributed by atoms with Crippen LogP contribution in [0.4, 0.5) is 0 Å². The van der Waals surface area contributed by atoms with Crippen molar-refractivity contribution in [2.45, 2.75) is 32.2 Å². The second-order valence-electron chi connectivity index (χ2n) is 4.55. The molecule has 0 radical (unpaired) electrons. The van der Waals surface area contributed by atoms with Crippen LogP contribution in [0.15, 0.2) is 18.3 Å². The molecule has 0 aromatic carbocycles. The van der Waals surface area contributed by atoms with E-state index in [4.69, 9.17) is 10.7 Å². The van der Waals surface area contributed by atoms with Crippen LogP contribution in [0.1, 0.15) is 24.4 Å². The molecule has 17 heavy (non-hydrogen) atoms. The lowest BCUT2D eigenvalue weighted by atomic mass is 10.1. The molecule has 0 amide bonds. The summed E-state index contributed by atoms with van der Waals surface area (Å²) >= 11 is 0. The van der Waals surface area contributed by atoms with Gasteiger partial charge in [0, 0.05) is 24.9 Å². The second kappa shape index (κ2) is 4.37. The van der Waals surface area contributed by atoms with Crippen molar-refractivity contribution >= 4 is 0 Å². The van der Waals surface area contributed by atoms with E-state index in [1.165, 1.54) is 18.5 Å². The summed E-state index contributed by atoms with van der Waals surface area (Å²) in [6, 6.07) is 4.11. The third-order valence-electron chi connectivity index (χ3n) is 3.42. The highest BCUT2D eigenvalue weighted by Gasteiger charge is 2.20. The van der Waals surface area contributed by atoms with E-state index < -0.39 is 0 Å². The standard InChI is InChI=1S/C13H18N4/c14-7-6-12-16-13(10-4-3-8-15-10)11-5-1-2-9-17(11)12/h3-4,8,15H,1-2,5-7,9,14H2. The summed E-state index contributed by atoms with van der Waals surface area (Å²) in [4.78, 5) is 8.03. The Labute approximate surface area is 101 Å². The van der Waals surface area contributed by atoms with Crippen molar-refractivity contribution in [1.82, 2.24) is 14.5 Å². The van der Waals surface area contributed by atoms with Gasteiger partial charge >= 0.3 is 0 Å². The lowest BCUT2D eigenvalue weighted by molar-refractivity contribution is 0.515. The molecule has 4 nitrogen and oxygen atoms in total. The highest BCUT2D eigenvalue weighted by atomic mass is 15.1. The molecule has 0 unspecified atom stereocenters. The van der Waals surface area contributed by atoms with Crippen LogP contribution in [0.3, 0.4) is 0 Å². The molecule has 0 saturated carbocycles. The quantitative estimate of drug-likeness (QED) is 0.843. The minimum Gasteiger partial charge on any atom is -0.360 e. The SMILES string of the molecule is NCCc1nc(-c2ccc[nH]2)c2n1CCCC2. The number of rotatable bonds is 3. The first-order chi connectivity index (χ1) is 8.40.